The van der Waals surface area contributed by atoms with Crippen LogP contribution in [0.15, 0.2) is 29.2 Å². The average molecular weight is 253 g/mol. The van der Waals surface area contributed by atoms with Crippen molar-refractivity contribution in [2.24, 2.45) is 0 Å². The van der Waals surface area contributed by atoms with Crippen LogP contribution in [0, 0.1) is 0 Å². The number of hydrogen-bond donors (Lipinski definition) is 2. The van der Waals surface area contributed by atoms with Crippen LogP contribution in [0.1, 0.15) is 12.0 Å². The summed E-state index contributed by atoms with van der Waals surface area (Å²) in [6.45, 7) is 0.462. The molecule has 0 unspecified atom stereocenters. The Hall–Kier alpha value is -1.49. The number of amides is 1. The molecule has 0 saturated carbocycles. The topological polar surface area (TPSA) is 66.4 Å². The summed E-state index contributed by atoms with van der Waals surface area (Å²) in [5, 5.41) is 11.0. The fourth-order valence-corrected chi connectivity index (χ4v) is 2.09. The lowest BCUT2D eigenvalue weighted by molar-refractivity contribution is -0.140. The van der Waals surface area contributed by atoms with Crippen molar-refractivity contribution in [2.75, 3.05) is 12.8 Å². The maximum atomic E-state index is 11.1. The van der Waals surface area contributed by atoms with E-state index in [0.29, 0.717) is 13.0 Å². The Balaban J connectivity index is 2.40. The molecule has 0 atom stereocenters. The van der Waals surface area contributed by atoms with Crippen LogP contribution < -0.4 is 5.32 Å². The zero-order chi connectivity index (χ0) is 12.7. The minimum Gasteiger partial charge on any atom is -0.481 e. The first-order chi connectivity index (χ1) is 8.13. The fraction of sp³-hybridized carbons (Fsp3) is 0.333. The van der Waals surface area contributed by atoms with E-state index >= 15 is 0 Å². The van der Waals surface area contributed by atoms with Gasteiger partial charge in [0.15, 0.2) is 0 Å². The van der Waals surface area contributed by atoms with Crippen molar-refractivity contribution < 1.29 is 14.7 Å². The molecular weight excluding hydrogens is 238 g/mol. The number of carboxylic acids is 1. The number of hydrogen-bond acceptors (Lipinski definition) is 3. The van der Waals surface area contributed by atoms with E-state index in [9.17, 15) is 9.59 Å². The van der Waals surface area contributed by atoms with Crippen molar-refractivity contribution in [1.82, 2.24) is 5.32 Å². The normalized spacial score (nSPS) is 9.94. The van der Waals surface area contributed by atoms with E-state index < -0.39 is 18.3 Å². The van der Waals surface area contributed by atoms with Crippen LogP contribution in [0.5, 0.6) is 0 Å². The van der Waals surface area contributed by atoms with E-state index in [1.54, 1.807) is 11.8 Å². The maximum absolute atomic E-state index is 11.1. The highest BCUT2D eigenvalue weighted by molar-refractivity contribution is 7.98. The molecular formula is C12H15NO3S. The van der Waals surface area contributed by atoms with Crippen LogP contribution >= 0.6 is 11.8 Å². The summed E-state index contributed by atoms with van der Waals surface area (Å²) in [5.41, 5.74) is 1.16. The molecule has 0 aliphatic carbocycles. The first-order valence-corrected chi connectivity index (χ1v) is 6.46. The van der Waals surface area contributed by atoms with E-state index in [0.717, 1.165) is 5.56 Å². The number of benzene rings is 1. The van der Waals surface area contributed by atoms with Crippen LogP contribution in [0.4, 0.5) is 0 Å². The summed E-state index contributed by atoms with van der Waals surface area (Å²) in [4.78, 5) is 22.6. The molecule has 0 heterocycles. The average Bonchev–Trinajstić information content (AvgIpc) is 2.28. The Morgan fingerprint density at radius 2 is 2.06 bits per heavy atom. The molecule has 0 aliphatic heterocycles. The van der Waals surface area contributed by atoms with Crippen LogP contribution in [0.2, 0.25) is 0 Å². The molecule has 0 aromatic heterocycles. The van der Waals surface area contributed by atoms with Gasteiger partial charge in [0.1, 0.15) is 6.42 Å². The van der Waals surface area contributed by atoms with E-state index in [-0.39, 0.29) is 0 Å². The van der Waals surface area contributed by atoms with E-state index in [1.165, 1.54) is 4.90 Å². The number of rotatable bonds is 6. The van der Waals surface area contributed by atoms with Crippen LogP contribution in [-0.2, 0) is 16.0 Å². The molecule has 0 bridgehead atoms. The van der Waals surface area contributed by atoms with Gasteiger partial charge in [-0.05, 0) is 24.3 Å². The monoisotopic (exact) mass is 253 g/mol. The fourth-order valence-electron chi connectivity index (χ4n) is 1.45. The van der Waals surface area contributed by atoms with Crippen LogP contribution in [0.3, 0.4) is 0 Å². The van der Waals surface area contributed by atoms with E-state index in [2.05, 4.69) is 5.32 Å². The van der Waals surface area contributed by atoms with Gasteiger partial charge in [-0.25, -0.2) is 0 Å². The number of carbonyl (C=O) groups is 2. The lowest BCUT2D eigenvalue weighted by Crippen LogP contribution is -2.27. The van der Waals surface area contributed by atoms with Gasteiger partial charge in [-0.3, -0.25) is 9.59 Å². The standard InChI is InChI=1S/C12H15NO3S/c1-17-10-5-3-2-4-9(10)6-7-13-11(14)8-12(15)16/h2-5H,6-8H2,1H3,(H,13,14)(H,15,16). The lowest BCUT2D eigenvalue weighted by Gasteiger charge is -2.07. The van der Waals surface area contributed by atoms with Crippen LogP contribution in [0.25, 0.3) is 0 Å². The molecule has 0 aliphatic rings. The molecule has 0 fully saturated rings. The largest absolute Gasteiger partial charge is 0.481 e. The third kappa shape index (κ3) is 4.91. The maximum Gasteiger partial charge on any atom is 0.312 e. The Morgan fingerprint density at radius 3 is 2.71 bits per heavy atom. The second kappa shape index (κ2) is 6.96. The molecule has 1 rings (SSSR count). The second-order valence-corrected chi connectivity index (χ2v) is 4.33. The molecule has 1 amide bonds. The summed E-state index contributed by atoms with van der Waals surface area (Å²) in [7, 11) is 0. The van der Waals surface area contributed by atoms with Gasteiger partial charge in [0.25, 0.3) is 0 Å². The van der Waals surface area contributed by atoms with Gasteiger partial charge in [-0.2, -0.15) is 0 Å². The SMILES string of the molecule is CSc1ccccc1CCNC(=O)CC(=O)O. The molecule has 5 heteroatoms. The van der Waals surface area contributed by atoms with Gasteiger partial charge in [0, 0.05) is 11.4 Å². The third-order valence-electron chi connectivity index (χ3n) is 2.22. The number of nitrogens with one attached hydrogen (secondary N) is 1. The number of carboxylic acid groups (broad SMARTS) is 1. The second-order valence-electron chi connectivity index (χ2n) is 3.48. The minimum atomic E-state index is -1.10. The Kier molecular flexibility index (Phi) is 5.56. The van der Waals surface area contributed by atoms with Crippen molar-refractivity contribution in [3.8, 4) is 0 Å². The summed E-state index contributed by atoms with van der Waals surface area (Å²) >= 11 is 1.66. The molecule has 92 valence electrons. The van der Waals surface area contributed by atoms with E-state index in [1.807, 2.05) is 30.5 Å². The highest BCUT2D eigenvalue weighted by Gasteiger charge is 2.07. The molecule has 17 heavy (non-hydrogen) atoms. The van der Waals surface area contributed by atoms with Gasteiger partial charge in [0.2, 0.25) is 5.91 Å². The third-order valence-corrected chi connectivity index (χ3v) is 3.06. The van der Waals surface area contributed by atoms with Crippen molar-refractivity contribution >= 4 is 23.6 Å². The van der Waals surface area contributed by atoms with Gasteiger partial charge < -0.3 is 10.4 Å². The Morgan fingerprint density at radius 1 is 1.35 bits per heavy atom. The zero-order valence-electron chi connectivity index (χ0n) is 9.60. The van der Waals surface area contributed by atoms with E-state index in [4.69, 9.17) is 5.11 Å². The lowest BCUT2D eigenvalue weighted by atomic mass is 10.1. The van der Waals surface area contributed by atoms with Gasteiger partial charge in [-0.1, -0.05) is 18.2 Å². The van der Waals surface area contributed by atoms with Crippen molar-refractivity contribution in [3.05, 3.63) is 29.8 Å². The van der Waals surface area contributed by atoms with Crippen molar-refractivity contribution in [3.63, 3.8) is 0 Å². The molecule has 1 aromatic carbocycles. The highest BCUT2D eigenvalue weighted by atomic mass is 32.2. The Labute approximate surface area is 104 Å². The summed E-state index contributed by atoms with van der Waals surface area (Å²) in [5.74, 6) is -1.55. The zero-order valence-corrected chi connectivity index (χ0v) is 10.4. The predicted octanol–water partition coefficient (Wildman–Crippen LogP) is 1.54. The first kappa shape index (κ1) is 13.6. The molecule has 0 spiro atoms. The van der Waals surface area contributed by atoms with Gasteiger partial charge in [0.05, 0.1) is 0 Å². The minimum absolute atomic E-state index is 0.445. The quantitative estimate of drug-likeness (QED) is 0.596. The molecule has 1 aromatic rings. The summed E-state index contributed by atoms with van der Waals surface area (Å²) in [6.07, 6.45) is 2.24. The molecule has 0 saturated heterocycles. The number of thioether (sulfide) groups is 1. The van der Waals surface area contributed by atoms with Gasteiger partial charge >= 0.3 is 5.97 Å². The summed E-state index contributed by atoms with van der Waals surface area (Å²) < 4.78 is 0. The van der Waals surface area contributed by atoms with Crippen molar-refractivity contribution in [2.45, 2.75) is 17.7 Å². The van der Waals surface area contributed by atoms with Crippen LogP contribution in [-0.4, -0.2) is 29.8 Å². The Bertz CT molecular complexity index is 406. The number of carbonyl (C=O) groups excluding carboxylic acids is 1. The molecule has 4 nitrogen and oxygen atoms in total. The summed E-state index contributed by atoms with van der Waals surface area (Å²) in [6, 6.07) is 7.96. The first-order valence-electron chi connectivity index (χ1n) is 5.24. The van der Waals surface area contributed by atoms with Crippen molar-refractivity contribution in [1.29, 1.82) is 0 Å². The number of aliphatic carboxylic acids is 1. The molecule has 2 N–H and O–H groups in total. The highest BCUT2D eigenvalue weighted by Crippen LogP contribution is 2.19. The smallest absolute Gasteiger partial charge is 0.312 e. The van der Waals surface area contributed by atoms with Gasteiger partial charge in [-0.15, -0.1) is 11.8 Å². The predicted molar refractivity (Wildman–Crippen MR) is 67.2 cm³/mol. The molecule has 0 radical (unpaired) electrons.